The van der Waals surface area contributed by atoms with E-state index in [1.807, 2.05) is 0 Å². The number of aliphatic hydroxyl groups is 1. The molecule has 0 bridgehead atoms. The van der Waals surface area contributed by atoms with Crippen molar-refractivity contribution in [2.45, 2.75) is 26.1 Å². The Morgan fingerprint density at radius 1 is 1.50 bits per heavy atom. The van der Waals surface area contributed by atoms with Crippen LogP contribution in [0.4, 0.5) is 5.69 Å². The smallest absolute Gasteiger partial charge is 0.311 e. The number of hydrogen-bond acceptors (Lipinski definition) is 4. The highest BCUT2D eigenvalue weighted by Gasteiger charge is 2.19. The van der Waals surface area contributed by atoms with Crippen molar-refractivity contribution >= 4 is 17.3 Å². The molecule has 2 atom stereocenters. The van der Waals surface area contributed by atoms with Crippen LogP contribution >= 0.6 is 11.6 Å². The first-order valence-corrected chi connectivity index (χ1v) is 5.08. The monoisotopic (exact) mass is 245 g/mol. The summed E-state index contributed by atoms with van der Waals surface area (Å²) in [5.41, 5.74) is -0.170. The largest absolute Gasteiger partial charge is 0.481 e. The Hall–Kier alpha value is -1.33. The van der Waals surface area contributed by atoms with Gasteiger partial charge in [-0.15, -0.1) is 0 Å². The molecule has 0 heterocycles. The lowest BCUT2D eigenvalue weighted by Gasteiger charge is -2.17. The highest BCUT2D eigenvalue weighted by Crippen LogP contribution is 2.30. The number of ether oxygens (including phenoxy) is 1. The molecule has 1 N–H and O–H groups in total. The van der Waals surface area contributed by atoms with Crippen molar-refractivity contribution in [3.05, 3.63) is 33.3 Å². The predicted molar refractivity (Wildman–Crippen MR) is 59.9 cm³/mol. The van der Waals surface area contributed by atoms with Crippen molar-refractivity contribution in [3.63, 3.8) is 0 Å². The second-order valence-electron chi connectivity index (χ2n) is 3.43. The van der Waals surface area contributed by atoms with E-state index in [4.69, 9.17) is 16.3 Å². The van der Waals surface area contributed by atoms with Crippen molar-refractivity contribution in [1.82, 2.24) is 0 Å². The molecule has 0 aliphatic carbocycles. The van der Waals surface area contributed by atoms with Gasteiger partial charge in [0.25, 0.3) is 0 Å². The van der Waals surface area contributed by atoms with Crippen molar-refractivity contribution in [3.8, 4) is 5.75 Å². The van der Waals surface area contributed by atoms with Crippen molar-refractivity contribution in [2.75, 3.05) is 0 Å². The molecule has 0 radical (unpaired) electrons. The van der Waals surface area contributed by atoms with Crippen LogP contribution in [0.15, 0.2) is 18.2 Å². The number of halogens is 1. The normalized spacial score (nSPS) is 14.2. The van der Waals surface area contributed by atoms with E-state index in [0.717, 1.165) is 0 Å². The summed E-state index contributed by atoms with van der Waals surface area (Å²) in [4.78, 5) is 10.1. The van der Waals surface area contributed by atoms with Crippen LogP contribution in [-0.2, 0) is 0 Å². The van der Waals surface area contributed by atoms with Gasteiger partial charge in [-0.3, -0.25) is 10.1 Å². The molecule has 2 unspecified atom stereocenters. The van der Waals surface area contributed by atoms with Crippen LogP contribution in [0.25, 0.3) is 0 Å². The molecule has 0 saturated heterocycles. The molecule has 0 aromatic heterocycles. The zero-order valence-electron chi connectivity index (χ0n) is 8.88. The Morgan fingerprint density at radius 2 is 2.12 bits per heavy atom. The quantitative estimate of drug-likeness (QED) is 0.653. The van der Waals surface area contributed by atoms with E-state index in [0.29, 0.717) is 5.02 Å². The summed E-state index contributed by atoms with van der Waals surface area (Å²) in [7, 11) is 0. The molecule has 1 aromatic rings. The second kappa shape index (κ2) is 5.14. The van der Waals surface area contributed by atoms with Crippen LogP contribution in [0.5, 0.6) is 5.75 Å². The summed E-state index contributed by atoms with van der Waals surface area (Å²) < 4.78 is 5.27. The average Bonchev–Trinajstić information content (AvgIpc) is 2.16. The molecule has 0 fully saturated rings. The summed E-state index contributed by atoms with van der Waals surface area (Å²) in [6.07, 6.45) is -1.27. The number of aliphatic hydroxyl groups excluding tert-OH is 1. The minimum Gasteiger partial charge on any atom is -0.481 e. The van der Waals surface area contributed by atoms with E-state index < -0.39 is 17.1 Å². The van der Waals surface area contributed by atoms with Crippen molar-refractivity contribution < 1.29 is 14.8 Å². The SMILES string of the molecule is CC(O)C(C)Oc1cc(Cl)ccc1[N+](=O)[O-]. The number of nitro benzene ring substituents is 1. The van der Waals surface area contributed by atoms with Gasteiger partial charge in [-0.05, 0) is 19.9 Å². The molecule has 1 aromatic carbocycles. The zero-order chi connectivity index (χ0) is 12.3. The van der Waals surface area contributed by atoms with Gasteiger partial charge in [0.05, 0.1) is 11.0 Å². The fourth-order valence-corrected chi connectivity index (χ4v) is 1.19. The van der Waals surface area contributed by atoms with Crippen LogP contribution < -0.4 is 4.74 Å². The van der Waals surface area contributed by atoms with E-state index in [-0.39, 0.29) is 11.4 Å². The lowest BCUT2D eigenvalue weighted by molar-refractivity contribution is -0.386. The summed E-state index contributed by atoms with van der Waals surface area (Å²) in [5, 5.41) is 20.3. The Balaban J connectivity index is 3.01. The number of hydrogen-bond donors (Lipinski definition) is 1. The first-order chi connectivity index (χ1) is 7.41. The maximum atomic E-state index is 10.7. The second-order valence-corrected chi connectivity index (χ2v) is 3.87. The van der Waals surface area contributed by atoms with E-state index in [1.165, 1.54) is 18.2 Å². The molecule has 0 aliphatic heterocycles. The van der Waals surface area contributed by atoms with Crippen molar-refractivity contribution in [1.29, 1.82) is 0 Å². The van der Waals surface area contributed by atoms with Gasteiger partial charge in [0, 0.05) is 17.2 Å². The average molecular weight is 246 g/mol. The molecule has 88 valence electrons. The van der Waals surface area contributed by atoms with Crippen LogP contribution in [0.3, 0.4) is 0 Å². The lowest BCUT2D eigenvalue weighted by Crippen LogP contribution is -2.25. The minimum absolute atomic E-state index is 0.0610. The van der Waals surface area contributed by atoms with Gasteiger partial charge in [-0.1, -0.05) is 11.6 Å². The summed E-state index contributed by atoms with van der Waals surface area (Å²) in [6, 6.07) is 4.05. The first-order valence-electron chi connectivity index (χ1n) is 4.70. The maximum absolute atomic E-state index is 10.7. The lowest BCUT2D eigenvalue weighted by atomic mass is 10.2. The predicted octanol–water partition coefficient (Wildman–Crippen LogP) is 2.40. The van der Waals surface area contributed by atoms with Crippen LogP contribution in [0.2, 0.25) is 5.02 Å². The topological polar surface area (TPSA) is 72.6 Å². The Kier molecular flexibility index (Phi) is 4.09. The van der Waals surface area contributed by atoms with Gasteiger partial charge in [0.15, 0.2) is 5.75 Å². The third kappa shape index (κ3) is 3.08. The van der Waals surface area contributed by atoms with Crippen molar-refractivity contribution in [2.24, 2.45) is 0 Å². The fraction of sp³-hybridized carbons (Fsp3) is 0.400. The van der Waals surface area contributed by atoms with E-state index >= 15 is 0 Å². The highest BCUT2D eigenvalue weighted by atomic mass is 35.5. The Morgan fingerprint density at radius 3 is 2.62 bits per heavy atom. The van der Waals surface area contributed by atoms with E-state index in [2.05, 4.69) is 0 Å². The number of benzene rings is 1. The first kappa shape index (κ1) is 12.7. The fourth-order valence-electron chi connectivity index (χ4n) is 1.03. The molecule has 16 heavy (non-hydrogen) atoms. The summed E-state index contributed by atoms with van der Waals surface area (Å²) >= 11 is 5.72. The molecule has 6 heteroatoms. The molecule has 0 spiro atoms. The zero-order valence-corrected chi connectivity index (χ0v) is 9.64. The van der Waals surface area contributed by atoms with E-state index in [1.54, 1.807) is 13.8 Å². The summed E-state index contributed by atoms with van der Waals surface area (Å²) in [6.45, 7) is 3.16. The number of nitro groups is 1. The number of rotatable bonds is 4. The van der Waals surface area contributed by atoms with E-state index in [9.17, 15) is 15.2 Å². The molecule has 0 aliphatic rings. The highest BCUT2D eigenvalue weighted by molar-refractivity contribution is 6.30. The molecule has 5 nitrogen and oxygen atoms in total. The van der Waals surface area contributed by atoms with Gasteiger partial charge in [-0.25, -0.2) is 0 Å². The Labute approximate surface area is 97.8 Å². The summed E-state index contributed by atoms with van der Waals surface area (Å²) in [5.74, 6) is 0.0610. The van der Waals surface area contributed by atoms with Gasteiger partial charge in [0.1, 0.15) is 6.10 Å². The molecule has 1 rings (SSSR count). The van der Waals surface area contributed by atoms with Gasteiger partial charge >= 0.3 is 5.69 Å². The molecular weight excluding hydrogens is 234 g/mol. The van der Waals surface area contributed by atoms with Crippen LogP contribution in [0, 0.1) is 10.1 Å². The maximum Gasteiger partial charge on any atom is 0.311 e. The molecular formula is C10H12ClNO4. The van der Waals surface area contributed by atoms with Crippen LogP contribution in [0.1, 0.15) is 13.8 Å². The van der Waals surface area contributed by atoms with Gasteiger partial charge < -0.3 is 9.84 Å². The molecule has 0 amide bonds. The van der Waals surface area contributed by atoms with Gasteiger partial charge in [0.2, 0.25) is 0 Å². The molecule has 0 saturated carbocycles. The third-order valence-corrected chi connectivity index (χ3v) is 2.35. The van der Waals surface area contributed by atoms with Gasteiger partial charge in [-0.2, -0.15) is 0 Å². The Bertz CT molecular complexity index is 394. The number of nitrogens with zero attached hydrogens (tertiary/aromatic N) is 1. The third-order valence-electron chi connectivity index (χ3n) is 2.11. The minimum atomic E-state index is -0.724. The van der Waals surface area contributed by atoms with Crippen LogP contribution in [-0.4, -0.2) is 22.2 Å². The standard InChI is InChI=1S/C10H12ClNO4/c1-6(13)7(2)16-10-5-8(11)3-4-9(10)12(14)15/h3-7,13H,1-2H3.